The second-order valence-electron chi connectivity index (χ2n) is 4.77. The fraction of sp³-hybridized carbons (Fsp3) is 0.846. The highest BCUT2D eigenvalue weighted by Crippen LogP contribution is 2.19. The van der Waals surface area contributed by atoms with Crippen LogP contribution in [0, 0.1) is 5.41 Å². The normalized spacial score (nSPS) is 12.1. The number of ether oxygens (including phenoxy) is 1. The number of aliphatic carboxylic acids is 1. The van der Waals surface area contributed by atoms with Gasteiger partial charge in [0.05, 0.1) is 13.0 Å². The molecular formula is C13H27NO6. The van der Waals surface area contributed by atoms with Crippen LogP contribution in [0.5, 0.6) is 0 Å². The van der Waals surface area contributed by atoms with Crippen molar-refractivity contribution >= 4 is 11.9 Å². The molecule has 1 amide bonds. The van der Waals surface area contributed by atoms with Gasteiger partial charge in [0.15, 0.2) is 0 Å². The Morgan fingerprint density at radius 1 is 1.25 bits per heavy atom. The molecule has 20 heavy (non-hydrogen) atoms. The third kappa shape index (κ3) is 10.7. The van der Waals surface area contributed by atoms with E-state index in [-0.39, 0.29) is 19.6 Å². The van der Waals surface area contributed by atoms with E-state index in [9.17, 15) is 14.7 Å². The lowest BCUT2D eigenvalue weighted by atomic mass is 9.87. The van der Waals surface area contributed by atoms with E-state index in [1.165, 1.54) is 13.8 Å². The van der Waals surface area contributed by atoms with Gasteiger partial charge in [-0.2, -0.15) is 0 Å². The van der Waals surface area contributed by atoms with Crippen molar-refractivity contribution in [2.24, 2.45) is 5.41 Å². The molecule has 7 heteroatoms. The summed E-state index contributed by atoms with van der Waals surface area (Å²) in [4.78, 5) is 21.4. The summed E-state index contributed by atoms with van der Waals surface area (Å²) in [6.07, 6.45) is -1.55. The van der Waals surface area contributed by atoms with Gasteiger partial charge in [0, 0.05) is 25.2 Å². The SMILES string of the molecule is CC(C)(CO)[C@@H](O)C(=O)NCCC(=O)O.CCOCC. The second-order valence-corrected chi connectivity index (χ2v) is 4.77. The van der Waals surface area contributed by atoms with Crippen molar-refractivity contribution in [1.29, 1.82) is 0 Å². The molecule has 0 aromatic rings. The predicted octanol–water partition coefficient (Wildman–Crippen LogP) is -0.000500. The van der Waals surface area contributed by atoms with E-state index in [0.29, 0.717) is 0 Å². The molecule has 0 aromatic carbocycles. The van der Waals surface area contributed by atoms with Crippen LogP contribution in [-0.4, -0.2) is 59.7 Å². The first kappa shape index (κ1) is 21.1. The molecule has 0 bridgehead atoms. The predicted molar refractivity (Wildman–Crippen MR) is 74.3 cm³/mol. The summed E-state index contributed by atoms with van der Waals surface area (Å²) in [5.74, 6) is -1.69. The molecule has 1 atom stereocenters. The number of aliphatic hydroxyl groups excluding tert-OH is 2. The van der Waals surface area contributed by atoms with Gasteiger partial charge in [0.25, 0.3) is 0 Å². The molecule has 4 N–H and O–H groups in total. The number of carbonyl (C=O) groups excluding carboxylic acids is 1. The molecule has 0 unspecified atom stereocenters. The van der Waals surface area contributed by atoms with Gasteiger partial charge in [0.2, 0.25) is 5.91 Å². The van der Waals surface area contributed by atoms with Gasteiger partial charge in [-0.3, -0.25) is 9.59 Å². The number of carboxylic acids is 1. The summed E-state index contributed by atoms with van der Waals surface area (Å²) in [6.45, 7) is 8.37. The van der Waals surface area contributed by atoms with Crippen LogP contribution in [0.4, 0.5) is 0 Å². The molecule has 0 saturated heterocycles. The summed E-state index contributed by atoms with van der Waals surface area (Å²) >= 11 is 0. The summed E-state index contributed by atoms with van der Waals surface area (Å²) < 4.78 is 4.83. The minimum Gasteiger partial charge on any atom is -0.481 e. The molecule has 0 saturated carbocycles. The van der Waals surface area contributed by atoms with Crippen LogP contribution in [0.25, 0.3) is 0 Å². The Bertz CT molecular complexity index is 278. The van der Waals surface area contributed by atoms with Gasteiger partial charge in [-0.25, -0.2) is 0 Å². The van der Waals surface area contributed by atoms with E-state index in [1.807, 2.05) is 13.8 Å². The minimum absolute atomic E-state index is 0.0350. The second kappa shape index (κ2) is 11.6. The van der Waals surface area contributed by atoms with Crippen LogP contribution < -0.4 is 5.32 Å². The molecule has 0 aliphatic rings. The zero-order chi connectivity index (χ0) is 16.2. The van der Waals surface area contributed by atoms with Crippen LogP contribution in [0.15, 0.2) is 0 Å². The lowest BCUT2D eigenvalue weighted by Gasteiger charge is -2.26. The fourth-order valence-corrected chi connectivity index (χ4v) is 1.03. The molecule has 0 rings (SSSR count). The van der Waals surface area contributed by atoms with Gasteiger partial charge >= 0.3 is 5.97 Å². The number of aliphatic hydroxyl groups is 2. The summed E-state index contributed by atoms with van der Waals surface area (Å²) in [5.41, 5.74) is -0.937. The molecule has 0 aromatic heterocycles. The summed E-state index contributed by atoms with van der Waals surface area (Å²) in [6, 6.07) is 0. The van der Waals surface area contributed by atoms with E-state index < -0.39 is 23.4 Å². The Morgan fingerprint density at radius 2 is 1.75 bits per heavy atom. The third-order valence-corrected chi connectivity index (χ3v) is 2.44. The van der Waals surface area contributed by atoms with Crippen molar-refractivity contribution in [3.8, 4) is 0 Å². The first-order valence-electron chi connectivity index (χ1n) is 6.59. The van der Waals surface area contributed by atoms with E-state index in [4.69, 9.17) is 14.9 Å². The number of hydrogen-bond donors (Lipinski definition) is 4. The lowest BCUT2D eigenvalue weighted by molar-refractivity contribution is -0.138. The fourth-order valence-electron chi connectivity index (χ4n) is 1.03. The van der Waals surface area contributed by atoms with Crippen LogP contribution in [0.1, 0.15) is 34.1 Å². The molecular weight excluding hydrogens is 266 g/mol. The number of rotatable bonds is 8. The smallest absolute Gasteiger partial charge is 0.305 e. The van der Waals surface area contributed by atoms with Crippen LogP contribution >= 0.6 is 0 Å². The molecule has 120 valence electrons. The van der Waals surface area contributed by atoms with Crippen molar-refractivity contribution in [2.75, 3.05) is 26.4 Å². The standard InChI is InChI=1S/C9H17NO5.C4H10O/c1-9(2,5-11)7(14)8(15)10-4-3-6(12)13;1-3-5-4-2/h7,11,14H,3-5H2,1-2H3,(H,10,15)(H,12,13);3-4H2,1-2H3/t7-;/m0./s1. The molecule has 0 fully saturated rings. The van der Waals surface area contributed by atoms with Gasteiger partial charge < -0.3 is 25.4 Å². The van der Waals surface area contributed by atoms with Crippen molar-refractivity contribution < 1.29 is 29.6 Å². The zero-order valence-electron chi connectivity index (χ0n) is 12.7. The Hall–Kier alpha value is -1.18. The topological polar surface area (TPSA) is 116 Å². The summed E-state index contributed by atoms with van der Waals surface area (Å²) in [5, 5.41) is 29.0. The lowest BCUT2D eigenvalue weighted by Crippen LogP contribution is -2.45. The molecule has 7 nitrogen and oxygen atoms in total. The van der Waals surface area contributed by atoms with Crippen molar-refractivity contribution in [1.82, 2.24) is 5.32 Å². The minimum atomic E-state index is -1.35. The first-order chi connectivity index (χ1) is 9.22. The number of carboxylic acid groups (broad SMARTS) is 1. The van der Waals surface area contributed by atoms with Crippen molar-refractivity contribution in [3.05, 3.63) is 0 Å². The average Bonchev–Trinajstić information content (AvgIpc) is 2.38. The monoisotopic (exact) mass is 293 g/mol. The first-order valence-corrected chi connectivity index (χ1v) is 6.59. The van der Waals surface area contributed by atoms with Crippen LogP contribution in [0.2, 0.25) is 0 Å². The average molecular weight is 293 g/mol. The van der Waals surface area contributed by atoms with Crippen molar-refractivity contribution in [3.63, 3.8) is 0 Å². The maximum absolute atomic E-state index is 11.3. The van der Waals surface area contributed by atoms with E-state index in [1.54, 1.807) is 0 Å². The Morgan fingerprint density at radius 3 is 2.05 bits per heavy atom. The molecule has 0 radical (unpaired) electrons. The van der Waals surface area contributed by atoms with Gasteiger partial charge in [0.1, 0.15) is 6.10 Å². The highest BCUT2D eigenvalue weighted by molar-refractivity contribution is 5.81. The maximum Gasteiger partial charge on any atom is 0.305 e. The number of carbonyl (C=O) groups is 2. The molecule has 0 spiro atoms. The Labute approximate surface area is 119 Å². The number of amides is 1. The Kier molecular flexibility index (Phi) is 12.3. The van der Waals surface area contributed by atoms with E-state index in [0.717, 1.165) is 13.2 Å². The highest BCUT2D eigenvalue weighted by atomic mass is 16.5. The van der Waals surface area contributed by atoms with Crippen LogP contribution in [0.3, 0.4) is 0 Å². The number of hydrogen-bond acceptors (Lipinski definition) is 5. The molecule has 0 heterocycles. The van der Waals surface area contributed by atoms with Gasteiger partial charge in [-0.15, -0.1) is 0 Å². The number of nitrogens with one attached hydrogen (secondary N) is 1. The summed E-state index contributed by atoms with van der Waals surface area (Å²) in [7, 11) is 0. The van der Waals surface area contributed by atoms with Gasteiger partial charge in [-0.1, -0.05) is 13.8 Å². The van der Waals surface area contributed by atoms with E-state index in [2.05, 4.69) is 5.32 Å². The Balaban J connectivity index is 0. The largest absolute Gasteiger partial charge is 0.481 e. The van der Waals surface area contributed by atoms with Crippen molar-refractivity contribution in [2.45, 2.75) is 40.2 Å². The highest BCUT2D eigenvalue weighted by Gasteiger charge is 2.32. The third-order valence-electron chi connectivity index (χ3n) is 2.44. The zero-order valence-corrected chi connectivity index (χ0v) is 12.7. The molecule has 0 aliphatic carbocycles. The van der Waals surface area contributed by atoms with E-state index >= 15 is 0 Å². The van der Waals surface area contributed by atoms with Gasteiger partial charge in [-0.05, 0) is 13.8 Å². The van der Waals surface area contributed by atoms with Crippen LogP contribution in [-0.2, 0) is 14.3 Å². The molecule has 0 aliphatic heterocycles. The maximum atomic E-state index is 11.3. The quantitative estimate of drug-likeness (QED) is 0.500.